The third-order valence-electron chi connectivity index (χ3n) is 2.69. The number of anilines is 1. The van der Waals surface area contributed by atoms with Crippen molar-refractivity contribution in [3.05, 3.63) is 23.8 Å². The maximum absolute atomic E-state index is 9.17. The summed E-state index contributed by atoms with van der Waals surface area (Å²) in [4.78, 5) is 2.16. The molecular weight excluding hydrogens is 204 g/mol. The lowest BCUT2D eigenvalue weighted by Gasteiger charge is -2.29. The van der Waals surface area contributed by atoms with Crippen LogP contribution in [0.2, 0.25) is 0 Å². The largest absolute Gasteiger partial charge is 0.495 e. The minimum absolute atomic E-state index is 0.604. The molecule has 0 atom stereocenters. The Hall–Kier alpha value is -1.73. The number of hydrogen-bond acceptors (Lipinski definition) is 4. The van der Waals surface area contributed by atoms with E-state index in [-0.39, 0.29) is 0 Å². The summed E-state index contributed by atoms with van der Waals surface area (Å²) in [6, 6.07) is 7.87. The molecule has 1 aromatic rings. The summed E-state index contributed by atoms with van der Waals surface area (Å²) in [5.41, 5.74) is 1.54. The Morgan fingerprint density at radius 1 is 1.38 bits per heavy atom. The van der Waals surface area contributed by atoms with Crippen molar-refractivity contribution >= 4 is 5.69 Å². The molecule has 1 heterocycles. The van der Waals surface area contributed by atoms with Crippen LogP contribution < -0.4 is 9.64 Å². The molecule has 0 amide bonds. The molecule has 0 N–H and O–H groups in total. The van der Waals surface area contributed by atoms with Crippen molar-refractivity contribution in [1.29, 1.82) is 5.26 Å². The standard InChI is InChI=1S/C12H14N2O2/c1-15-12-4-2-3-11(10(12)9-13)14-5-7-16-8-6-14/h2-4H,5-8H2,1H3. The fourth-order valence-electron chi connectivity index (χ4n) is 1.87. The number of nitriles is 1. The van der Waals surface area contributed by atoms with E-state index in [1.807, 2.05) is 18.2 Å². The zero-order valence-electron chi connectivity index (χ0n) is 9.27. The monoisotopic (exact) mass is 218 g/mol. The van der Waals surface area contributed by atoms with Crippen molar-refractivity contribution < 1.29 is 9.47 Å². The van der Waals surface area contributed by atoms with E-state index in [0.29, 0.717) is 24.5 Å². The van der Waals surface area contributed by atoms with Gasteiger partial charge in [0.15, 0.2) is 0 Å². The number of ether oxygens (including phenoxy) is 2. The smallest absolute Gasteiger partial charge is 0.138 e. The highest BCUT2D eigenvalue weighted by Gasteiger charge is 2.17. The highest BCUT2D eigenvalue weighted by molar-refractivity contribution is 5.65. The summed E-state index contributed by atoms with van der Waals surface area (Å²) in [6.07, 6.45) is 0. The summed E-state index contributed by atoms with van der Waals surface area (Å²) in [7, 11) is 1.58. The average Bonchev–Trinajstić information content (AvgIpc) is 2.38. The lowest BCUT2D eigenvalue weighted by atomic mass is 10.1. The first-order chi connectivity index (χ1) is 7.86. The van der Waals surface area contributed by atoms with Crippen LogP contribution in [0.5, 0.6) is 5.75 Å². The molecule has 1 aliphatic rings. The molecule has 2 rings (SSSR count). The second-order valence-corrected chi connectivity index (χ2v) is 3.57. The summed E-state index contributed by atoms with van der Waals surface area (Å²) in [5, 5.41) is 9.17. The van der Waals surface area contributed by atoms with Crippen molar-refractivity contribution in [2.75, 3.05) is 38.3 Å². The van der Waals surface area contributed by atoms with E-state index in [0.717, 1.165) is 18.8 Å². The SMILES string of the molecule is COc1cccc(N2CCOCC2)c1C#N. The predicted octanol–water partition coefficient (Wildman–Crippen LogP) is 1.40. The van der Waals surface area contributed by atoms with Crippen LogP contribution in [0.1, 0.15) is 5.56 Å². The van der Waals surface area contributed by atoms with Gasteiger partial charge in [-0.2, -0.15) is 5.26 Å². The van der Waals surface area contributed by atoms with E-state index in [9.17, 15) is 5.26 Å². The van der Waals surface area contributed by atoms with Gasteiger partial charge in [0.2, 0.25) is 0 Å². The quantitative estimate of drug-likeness (QED) is 0.752. The number of benzene rings is 1. The molecule has 84 valence electrons. The Kier molecular flexibility index (Phi) is 3.28. The Morgan fingerprint density at radius 2 is 2.12 bits per heavy atom. The lowest BCUT2D eigenvalue weighted by molar-refractivity contribution is 0.122. The summed E-state index contributed by atoms with van der Waals surface area (Å²) >= 11 is 0. The maximum atomic E-state index is 9.17. The normalized spacial score (nSPS) is 15.6. The third kappa shape index (κ3) is 1.95. The van der Waals surface area contributed by atoms with Gasteiger partial charge in [0, 0.05) is 13.1 Å². The number of methoxy groups -OCH3 is 1. The number of nitrogens with zero attached hydrogens (tertiary/aromatic N) is 2. The molecule has 1 aliphatic heterocycles. The van der Waals surface area contributed by atoms with Crippen molar-refractivity contribution in [2.45, 2.75) is 0 Å². The maximum Gasteiger partial charge on any atom is 0.138 e. The Bertz CT molecular complexity index is 406. The molecule has 1 fully saturated rings. The van der Waals surface area contributed by atoms with Gasteiger partial charge < -0.3 is 14.4 Å². The molecule has 0 saturated carbocycles. The van der Waals surface area contributed by atoms with Crippen LogP contribution in [-0.2, 0) is 4.74 Å². The Morgan fingerprint density at radius 3 is 2.75 bits per heavy atom. The topological polar surface area (TPSA) is 45.5 Å². The van der Waals surface area contributed by atoms with Crippen LogP contribution in [0.15, 0.2) is 18.2 Å². The zero-order valence-corrected chi connectivity index (χ0v) is 9.27. The van der Waals surface area contributed by atoms with E-state index >= 15 is 0 Å². The lowest BCUT2D eigenvalue weighted by Crippen LogP contribution is -2.36. The molecule has 0 bridgehead atoms. The summed E-state index contributed by atoms with van der Waals surface area (Å²) < 4.78 is 10.5. The van der Waals surface area contributed by atoms with Crippen molar-refractivity contribution in [2.24, 2.45) is 0 Å². The second kappa shape index (κ2) is 4.86. The van der Waals surface area contributed by atoms with Gasteiger partial charge in [0.05, 0.1) is 26.0 Å². The van der Waals surface area contributed by atoms with Crippen molar-refractivity contribution in [3.8, 4) is 11.8 Å². The molecule has 0 aliphatic carbocycles. The summed E-state index contributed by atoms with van der Waals surface area (Å²) in [6.45, 7) is 3.06. The van der Waals surface area contributed by atoms with E-state index in [4.69, 9.17) is 9.47 Å². The molecule has 0 unspecified atom stereocenters. The molecular formula is C12H14N2O2. The van der Waals surface area contributed by atoms with Gasteiger partial charge in [-0.25, -0.2) is 0 Å². The highest BCUT2D eigenvalue weighted by Crippen LogP contribution is 2.28. The minimum Gasteiger partial charge on any atom is -0.495 e. The number of rotatable bonds is 2. The fraction of sp³-hybridized carbons (Fsp3) is 0.417. The van der Waals surface area contributed by atoms with Crippen molar-refractivity contribution in [3.63, 3.8) is 0 Å². The molecule has 1 saturated heterocycles. The molecule has 0 radical (unpaired) electrons. The molecule has 4 nitrogen and oxygen atoms in total. The van der Waals surface area contributed by atoms with E-state index in [1.54, 1.807) is 7.11 Å². The van der Waals surface area contributed by atoms with Gasteiger partial charge in [-0.1, -0.05) is 6.07 Å². The summed E-state index contributed by atoms with van der Waals surface area (Å²) in [5.74, 6) is 0.631. The first-order valence-corrected chi connectivity index (χ1v) is 5.26. The van der Waals surface area contributed by atoms with Crippen LogP contribution in [-0.4, -0.2) is 33.4 Å². The van der Waals surface area contributed by atoms with Gasteiger partial charge in [-0.05, 0) is 12.1 Å². The molecule has 0 spiro atoms. The van der Waals surface area contributed by atoms with E-state index in [1.165, 1.54) is 0 Å². The van der Waals surface area contributed by atoms with Gasteiger partial charge in [-0.3, -0.25) is 0 Å². The molecule has 16 heavy (non-hydrogen) atoms. The van der Waals surface area contributed by atoms with Crippen LogP contribution >= 0.6 is 0 Å². The molecule has 4 heteroatoms. The molecule has 0 aromatic heterocycles. The van der Waals surface area contributed by atoms with Crippen LogP contribution in [0, 0.1) is 11.3 Å². The van der Waals surface area contributed by atoms with E-state index in [2.05, 4.69) is 11.0 Å². The van der Waals surface area contributed by atoms with Crippen LogP contribution in [0.4, 0.5) is 5.69 Å². The Balaban J connectivity index is 2.35. The van der Waals surface area contributed by atoms with Crippen LogP contribution in [0.25, 0.3) is 0 Å². The van der Waals surface area contributed by atoms with Gasteiger partial charge >= 0.3 is 0 Å². The van der Waals surface area contributed by atoms with Gasteiger partial charge in [0.25, 0.3) is 0 Å². The van der Waals surface area contributed by atoms with Gasteiger partial charge in [-0.15, -0.1) is 0 Å². The zero-order chi connectivity index (χ0) is 11.4. The second-order valence-electron chi connectivity index (χ2n) is 3.57. The van der Waals surface area contributed by atoms with E-state index < -0.39 is 0 Å². The highest BCUT2D eigenvalue weighted by atomic mass is 16.5. The molecule has 1 aromatic carbocycles. The first-order valence-electron chi connectivity index (χ1n) is 5.26. The predicted molar refractivity (Wildman–Crippen MR) is 60.7 cm³/mol. The minimum atomic E-state index is 0.604. The number of hydrogen-bond donors (Lipinski definition) is 0. The van der Waals surface area contributed by atoms with Gasteiger partial charge in [0.1, 0.15) is 17.4 Å². The van der Waals surface area contributed by atoms with Crippen LogP contribution in [0.3, 0.4) is 0 Å². The number of morpholine rings is 1. The first kappa shape index (κ1) is 10.8. The average molecular weight is 218 g/mol. The Labute approximate surface area is 95.0 Å². The third-order valence-corrected chi connectivity index (χ3v) is 2.69. The van der Waals surface area contributed by atoms with Crippen molar-refractivity contribution in [1.82, 2.24) is 0 Å². The fourth-order valence-corrected chi connectivity index (χ4v) is 1.87.